The van der Waals surface area contributed by atoms with E-state index in [2.05, 4.69) is 43.3 Å². The third kappa shape index (κ3) is 8.72. The van der Waals surface area contributed by atoms with E-state index in [1.54, 1.807) is 37.3 Å². The van der Waals surface area contributed by atoms with Crippen molar-refractivity contribution in [1.29, 1.82) is 0 Å². The Kier molecular flexibility index (Phi) is 11.4. The number of amides is 1. The number of aryl methyl sites for hydroxylation is 2. The maximum atomic E-state index is 13.1. The predicted octanol–water partition coefficient (Wildman–Crippen LogP) is 3.43. The second-order valence-electron chi connectivity index (χ2n) is 9.27. The minimum absolute atomic E-state index is 0.0766. The average Bonchev–Trinajstić information content (AvgIpc) is 2.82. The molecular formula is C27H41N3O4S. The maximum Gasteiger partial charge on any atom is 0.251 e. The number of nitrogens with zero attached hydrogens (tertiary/aromatic N) is 3. The summed E-state index contributed by atoms with van der Waals surface area (Å²) in [6.45, 7) is 7.90. The minimum Gasteiger partial charge on any atom is -0.497 e. The number of hydrogen-bond acceptors (Lipinski definition) is 5. The Bertz CT molecular complexity index is 971. The van der Waals surface area contributed by atoms with Gasteiger partial charge < -0.3 is 19.3 Å². The first-order valence-corrected chi connectivity index (χ1v) is 13.0. The lowest BCUT2D eigenvalue weighted by Crippen LogP contribution is -2.37. The zero-order valence-corrected chi connectivity index (χ0v) is 23.3. The van der Waals surface area contributed by atoms with Gasteiger partial charge in [0.1, 0.15) is 22.8 Å². The van der Waals surface area contributed by atoms with Crippen molar-refractivity contribution in [3.8, 4) is 5.75 Å². The standard InChI is InChI=1S/C27H41N3O4S/c1-20-17-25(33-8)18-21(2)26(20)35(32)30(7)15-16-34-22(3)27(31)29(6)19-24-11-9-23(10-12-24)13-14-28(4)5/h9-12,17-18,22H,13-16,19H2,1-8H3. The van der Waals surface area contributed by atoms with E-state index < -0.39 is 17.1 Å². The van der Waals surface area contributed by atoms with Crippen molar-refractivity contribution in [2.75, 3.05) is 55.0 Å². The van der Waals surface area contributed by atoms with E-state index in [-0.39, 0.29) is 5.91 Å². The summed E-state index contributed by atoms with van der Waals surface area (Å²) in [5, 5.41) is 0. The summed E-state index contributed by atoms with van der Waals surface area (Å²) in [5.41, 5.74) is 4.21. The van der Waals surface area contributed by atoms with E-state index in [4.69, 9.17) is 9.47 Å². The minimum atomic E-state index is -1.33. The smallest absolute Gasteiger partial charge is 0.251 e. The molecule has 0 bridgehead atoms. The van der Waals surface area contributed by atoms with E-state index in [0.717, 1.165) is 40.3 Å². The van der Waals surface area contributed by atoms with Gasteiger partial charge >= 0.3 is 0 Å². The van der Waals surface area contributed by atoms with Gasteiger partial charge in [-0.05, 0) is 75.7 Å². The van der Waals surface area contributed by atoms with Crippen LogP contribution in [0.4, 0.5) is 0 Å². The molecule has 0 saturated heterocycles. The molecule has 0 aliphatic carbocycles. The topological polar surface area (TPSA) is 62.3 Å². The van der Waals surface area contributed by atoms with Crippen LogP contribution >= 0.6 is 0 Å². The normalized spacial score (nSPS) is 13.2. The number of carbonyl (C=O) groups excluding carboxylic acids is 1. The van der Waals surface area contributed by atoms with Crippen LogP contribution in [0.5, 0.6) is 5.75 Å². The Morgan fingerprint density at radius 2 is 1.54 bits per heavy atom. The summed E-state index contributed by atoms with van der Waals surface area (Å²) >= 11 is 0. The van der Waals surface area contributed by atoms with Crippen LogP contribution in [0.1, 0.15) is 29.2 Å². The molecule has 35 heavy (non-hydrogen) atoms. The third-order valence-electron chi connectivity index (χ3n) is 5.92. The zero-order valence-electron chi connectivity index (χ0n) is 22.5. The summed E-state index contributed by atoms with van der Waals surface area (Å²) in [7, 11) is 8.01. The molecule has 0 N–H and O–H groups in total. The molecule has 1 amide bonds. The molecule has 7 nitrogen and oxygen atoms in total. The maximum absolute atomic E-state index is 13.1. The number of ether oxygens (including phenoxy) is 2. The summed E-state index contributed by atoms with van der Waals surface area (Å²) < 4.78 is 25.9. The number of methoxy groups -OCH3 is 1. The van der Waals surface area contributed by atoms with Crippen LogP contribution < -0.4 is 4.74 Å². The Morgan fingerprint density at radius 3 is 2.09 bits per heavy atom. The molecule has 0 aromatic heterocycles. The van der Waals surface area contributed by atoms with Crippen molar-refractivity contribution in [3.05, 3.63) is 58.7 Å². The number of likely N-dealkylation sites (N-methyl/N-ethyl adjacent to an activating group) is 3. The SMILES string of the molecule is COc1cc(C)c(S(=O)N(C)CCOC(C)C(=O)N(C)Cc2ccc(CCN(C)C)cc2)c(C)c1. The quantitative estimate of drug-likeness (QED) is 0.419. The first kappa shape index (κ1) is 29.0. The van der Waals surface area contributed by atoms with Gasteiger partial charge in [0.05, 0.1) is 18.6 Å². The molecule has 0 heterocycles. The monoisotopic (exact) mass is 503 g/mol. The van der Waals surface area contributed by atoms with Gasteiger partial charge in [0.15, 0.2) is 0 Å². The molecule has 2 aromatic carbocycles. The molecule has 2 unspecified atom stereocenters. The van der Waals surface area contributed by atoms with Gasteiger partial charge in [-0.15, -0.1) is 0 Å². The third-order valence-corrected chi connectivity index (χ3v) is 7.66. The van der Waals surface area contributed by atoms with Crippen LogP contribution in [0.15, 0.2) is 41.3 Å². The molecule has 194 valence electrons. The molecule has 0 radical (unpaired) electrons. The second kappa shape index (κ2) is 13.7. The molecule has 2 rings (SSSR count). The fourth-order valence-electron chi connectivity index (χ4n) is 3.80. The van der Waals surface area contributed by atoms with Crippen LogP contribution in [-0.2, 0) is 33.5 Å². The summed E-state index contributed by atoms with van der Waals surface area (Å²) in [5.74, 6) is 0.677. The van der Waals surface area contributed by atoms with Crippen molar-refractivity contribution in [1.82, 2.24) is 14.1 Å². The van der Waals surface area contributed by atoms with Crippen molar-refractivity contribution in [2.45, 2.75) is 44.7 Å². The zero-order chi connectivity index (χ0) is 26.1. The lowest BCUT2D eigenvalue weighted by Gasteiger charge is -2.23. The lowest BCUT2D eigenvalue weighted by atomic mass is 10.1. The van der Waals surface area contributed by atoms with E-state index in [1.807, 2.05) is 26.0 Å². The summed E-state index contributed by atoms with van der Waals surface area (Å²) in [6.07, 6.45) is 0.426. The first-order valence-electron chi connectivity index (χ1n) is 11.9. The Morgan fingerprint density at radius 1 is 0.971 bits per heavy atom. The van der Waals surface area contributed by atoms with Gasteiger partial charge in [-0.3, -0.25) is 4.79 Å². The van der Waals surface area contributed by atoms with Crippen molar-refractivity contribution < 1.29 is 18.5 Å². The van der Waals surface area contributed by atoms with Crippen molar-refractivity contribution in [3.63, 3.8) is 0 Å². The van der Waals surface area contributed by atoms with Gasteiger partial charge in [0, 0.05) is 33.7 Å². The molecule has 0 aliphatic heterocycles. The highest BCUT2D eigenvalue weighted by atomic mass is 32.2. The Balaban J connectivity index is 1.83. The number of carbonyl (C=O) groups is 1. The molecule has 0 spiro atoms. The van der Waals surface area contributed by atoms with Gasteiger partial charge in [0.25, 0.3) is 5.91 Å². The molecule has 0 fully saturated rings. The highest BCUT2D eigenvalue weighted by Gasteiger charge is 2.20. The largest absolute Gasteiger partial charge is 0.497 e. The van der Waals surface area contributed by atoms with Crippen LogP contribution in [0.25, 0.3) is 0 Å². The first-order chi connectivity index (χ1) is 16.5. The summed E-state index contributed by atoms with van der Waals surface area (Å²) in [4.78, 5) is 17.4. The Labute approximate surface area is 213 Å². The van der Waals surface area contributed by atoms with Gasteiger partial charge in [-0.1, -0.05) is 24.3 Å². The van der Waals surface area contributed by atoms with Crippen molar-refractivity contribution in [2.24, 2.45) is 0 Å². The van der Waals surface area contributed by atoms with Crippen molar-refractivity contribution >= 4 is 16.9 Å². The van der Waals surface area contributed by atoms with Gasteiger partial charge in [0.2, 0.25) is 0 Å². The van der Waals surface area contributed by atoms with Crippen LogP contribution in [0, 0.1) is 13.8 Å². The number of benzene rings is 2. The van der Waals surface area contributed by atoms with E-state index in [1.165, 1.54) is 5.56 Å². The number of rotatable bonds is 13. The van der Waals surface area contributed by atoms with Crippen LogP contribution in [-0.4, -0.2) is 85.3 Å². The molecule has 2 atom stereocenters. The fourth-order valence-corrected chi connectivity index (χ4v) is 5.02. The van der Waals surface area contributed by atoms with Gasteiger partial charge in [-0.25, -0.2) is 8.51 Å². The highest BCUT2D eigenvalue weighted by Crippen LogP contribution is 2.25. The van der Waals surface area contributed by atoms with Crippen LogP contribution in [0.2, 0.25) is 0 Å². The second-order valence-corrected chi connectivity index (χ2v) is 10.8. The molecule has 2 aromatic rings. The Hall–Kier alpha value is -2.26. The molecular weight excluding hydrogens is 462 g/mol. The van der Waals surface area contributed by atoms with E-state index in [0.29, 0.717) is 19.7 Å². The van der Waals surface area contributed by atoms with E-state index >= 15 is 0 Å². The lowest BCUT2D eigenvalue weighted by molar-refractivity contribution is -0.141. The van der Waals surface area contributed by atoms with Gasteiger partial charge in [-0.2, -0.15) is 0 Å². The molecule has 0 saturated carbocycles. The highest BCUT2D eigenvalue weighted by molar-refractivity contribution is 7.82. The predicted molar refractivity (Wildman–Crippen MR) is 142 cm³/mol. The number of hydrogen-bond donors (Lipinski definition) is 0. The average molecular weight is 504 g/mol. The van der Waals surface area contributed by atoms with Crippen LogP contribution in [0.3, 0.4) is 0 Å². The molecule has 8 heteroatoms. The molecule has 0 aliphatic rings. The fraction of sp³-hybridized carbons (Fsp3) is 0.519. The van der Waals surface area contributed by atoms with E-state index in [9.17, 15) is 9.00 Å². The summed E-state index contributed by atoms with van der Waals surface area (Å²) in [6, 6.07) is 12.2.